The van der Waals surface area contributed by atoms with Gasteiger partial charge in [-0.3, -0.25) is 9.59 Å². The summed E-state index contributed by atoms with van der Waals surface area (Å²) in [5.74, 6) is 4.13. The zero-order valence-electron chi connectivity index (χ0n) is 23.6. The number of ether oxygens (including phenoxy) is 2. The number of benzene rings is 2. The summed E-state index contributed by atoms with van der Waals surface area (Å²) >= 11 is 0. The second-order valence-electron chi connectivity index (χ2n) is 12.3. The highest BCUT2D eigenvalue weighted by molar-refractivity contribution is 6.01. The second kappa shape index (κ2) is 10.1. The summed E-state index contributed by atoms with van der Waals surface area (Å²) in [4.78, 5) is 28.0. The van der Waals surface area contributed by atoms with Crippen molar-refractivity contribution in [1.82, 2.24) is 0 Å². The molecular formula is C34H41NO4. The van der Waals surface area contributed by atoms with E-state index < -0.39 is 5.41 Å². The molecule has 0 N–H and O–H groups in total. The molecule has 5 nitrogen and oxygen atoms in total. The van der Waals surface area contributed by atoms with Crippen molar-refractivity contribution in [2.24, 2.45) is 22.7 Å². The first-order valence-electron chi connectivity index (χ1n) is 14.8. The molecule has 0 spiro atoms. The van der Waals surface area contributed by atoms with Gasteiger partial charge in [-0.05, 0) is 110 Å². The zero-order valence-corrected chi connectivity index (χ0v) is 23.6. The summed E-state index contributed by atoms with van der Waals surface area (Å²) in [6.07, 6.45) is 11.9. The Labute approximate surface area is 232 Å². The summed E-state index contributed by atoms with van der Waals surface area (Å²) < 4.78 is 11.4. The molecule has 1 heterocycles. The van der Waals surface area contributed by atoms with Crippen LogP contribution in [0.5, 0.6) is 11.5 Å². The van der Waals surface area contributed by atoms with Crippen LogP contribution >= 0.6 is 0 Å². The Morgan fingerprint density at radius 1 is 1.00 bits per heavy atom. The number of Topliss-reactive ketones (excluding diaryl/α,β-unsaturated/α-hetero) is 1. The highest BCUT2D eigenvalue weighted by Crippen LogP contribution is 2.59. The van der Waals surface area contributed by atoms with Crippen molar-refractivity contribution in [2.45, 2.75) is 71.1 Å². The van der Waals surface area contributed by atoms with Gasteiger partial charge in [0.2, 0.25) is 5.91 Å². The molecule has 2 saturated carbocycles. The number of methoxy groups -OCH3 is 1. The van der Waals surface area contributed by atoms with Gasteiger partial charge in [-0.1, -0.05) is 32.1 Å². The quantitative estimate of drug-likeness (QED) is 0.368. The molecule has 1 amide bonds. The van der Waals surface area contributed by atoms with E-state index in [2.05, 4.69) is 38.1 Å². The fourth-order valence-corrected chi connectivity index (χ4v) is 8.24. The van der Waals surface area contributed by atoms with E-state index in [0.29, 0.717) is 36.7 Å². The first-order valence-corrected chi connectivity index (χ1v) is 14.8. The maximum Gasteiger partial charge on any atom is 0.237 e. The second-order valence-corrected chi connectivity index (χ2v) is 12.3. The molecule has 206 valence electrons. The normalized spacial score (nSPS) is 31.8. The Kier molecular flexibility index (Phi) is 6.81. The smallest absolute Gasteiger partial charge is 0.237 e. The lowest BCUT2D eigenvalue weighted by molar-refractivity contribution is -0.129. The Hall–Kier alpha value is -3.08. The Bertz CT molecular complexity index is 1280. The number of aryl methyl sites for hydroxylation is 1. The van der Waals surface area contributed by atoms with Crippen LogP contribution in [0.2, 0.25) is 0 Å². The number of rotatable bonds is 7. The molecular weight excluding hydrogens is 486 g/mol. The minimum Gasteiger partial charge on any atom is -0.497 e. The topological polar surface area (TPSA) is 55.8 Å². The van der Waals surface area contributed by atoms with Crippen molar-refractivity contribution in [3.63, 3.8) is 0 Å². The minimum absolute atomic E-state index is 0.0731. The van der Waals surface area contributed by atoms with Crippen LogP contribution in [-0.2, 0) is 16.0 Å². The third kappa shape index (κ3) is 4.38. The van der Waals surface area contributed by atoms with Crippen molar-refractivity contribution in [3.8, 4) is 11.5 Å². The molecule has 4 aliphatic rings. The van der Waals surface area contributed by atoms with Gasteiger partial charge in [0, 0.05) is 24.1 Å². The third-order valence-electron chi connectivity index (χ3n) is 10.7. The van der Waals surface area contributed by atoms with E-state index in [9.17, 15) is 9.59 Å². The van der Waals surface area contributed by atoms with Gasteiger partial charge in [0.15, 0.2) is 0 Å². The molecule has 3 aliphatic carbocycles. The first-order chi connectivity index (χ1) is 18.9. The van der Waals surface area contributed by atoms with Gasteiger partial charge in [-0.25, -0.2) is 0 Å². The van der Waals surface area contributed by atoms with Gasteiger partial charge in [0.05, 0.1) is 12.5 Å². The van der Waals surface area contributed by atoms with Gasteiger partial charge < -0.3 is 14.4 Å². The molecule has 5 heteroatoms. The van der Waals surface area contributed by atoms with Crippen LogP contribution in [-0.4, -0.2) is 32.0 Å². The van der Waals surface area contributed by atoms with E-state index in [0.717, 1.165) is 62.1 Å². The lowest BCUT2D eigenvalue weighted by Crippen LogP contribution is -2.42. The molecule has 0 radical (unpaired) electrons. The monoisotopic (exact) mass is 527 g/mol. The number of ketones is 1. The van der Waals surface area contributed by atoms with Crippen molar-refractivity contribution >= 4 is 17.4 Å². The molecule has 5 atom stereocenters. The van der Waals surface area contributed by atoms with Gasteiger partial charge in [-0.15, -0.1) is 0 Å². The SMILES string of the molecule is CC[C@]1(/C=C/COc2ccc3c(c2)CC[C@@H]2[C@@H]3CC[C@]3(C)C(=O)CC[C@@H]23)CCN(c2ccc(OC)cc2)C1=O. The molecule has 1 aliphatic heterocycles. The van der Waals surface area contributed by atoms with Crippen LogP contribution in [0.1, 0.15) is 75.8 Å². The van der Waals surface area contributed by atoms with Crippen LogP contribution in [0, 0.1) is 22.7 Å². The Morgan fingerprint density at radius 2 is 1.79 bits per heavy atom. The van der Waals surface area contributed by atoms with Crippen LogP contribution in [0.4, 0.5) is 5.69 Å². The summed E-state index contributed by atoms with van der Waals surface area (Å²) in [7, 11) is 1.65. The van der Waals surface area contributed by atoms with E-state index >= 15 is 0 Å². The summed E-state index contributed by atoms with van der Waals surface area (Å²) in [6.45, 7) is 5.49. The van der Waals surface area contributed by atoms with E-state index in [1.807, 2.05) is 35.2 Å². The molecule has 1 saturated heterocycles. The Morgan fingerprint density at radius 3 is 2.56 bits per heavy atom. The van der Waals surface area contributed by atoms with Crippen LogP contribution < -0.4 is 14.4 Å². The standard InChI is InChI=1S/C34H41NO4/c1-4-34(19-20-35(32(34)37)24-7-9-25(38-3)10-8-24)17-5-21-39-26-11-13-27-23(22-26)6-12-29-28(27)16-18-33(2)30(29)14-15-31(33)36/h5,7-11,13,17,22,28-30H,4,6,12,14-16,18-21H2,1-3H3/b17-5+/t28-,29-,30+,33+,34+/m1/s1. The van der Waals surface area contributed by atoms with Crippen molar-refractivity contribution in [3.05, 3.63) is 65.7 Å². The zero-order chi connectivity index (χ0) is 27.2. The number of carbonyl (C=O) groups is 2. The first kappa shape index (κ1) is 26.2. The molecule has 3 fully saturated rings. The fraction of sp³-hybridized carbons (Fsp3) is 0.529. The van der Waals surface area contributed by atoms with E-state index in [4.69, 9.17) is 9.47 Å². The van der Waals surface area contributed by atoms with Crippen molar-refractivity contribution < 1.29 is 19.1 Å². The number of hydrogen-bond donors (Lipinski definition) is 0. The third-order valence-corrected chi connectivity index (χ3v) is 10.7. The highest BCUT2D eigenvalue weighted by Gasteiger charge is 2.54. The average Bonchev–Trinajstić information content (AvgIpc) is 3.46. The number of hydrogen-bond acceptors (Lipinski definition) is 4. The molecule has 39 heavy (non-hydrogen) atoms. The molecule has 0 unspecified atom stereocenters. The summed E-state index contributed by atoms with van der Waals surface area (Å²) in [6, 6.07) is 14.3. The predicted octanol–water partition coefficient (Wildman–Crippen LogP) is 6.89. The van der Waals surface area contributed by atoms with Crippen LogP contribution in [0.3, 0.4) is 0 Å². The molecule has 0 bridgehead atoms. The van der Waals surface area contributed by atoms with Crippen LogP contribution in [0.25, 0.3) is 0 Å². The molecule has 6 rings (SSSR count). The van der Waals surface area contributed by atoms with Crippen molar-refractivity contribution in [1.29, 1.82) is 0 Å². The summed E-state index contributed by atoms with van der Waals surface area (Å²) in [5.41, 5.74) is 3.26. The van der Waals surface area contributed by atoms with Crippen LogP contribution in [0.15, 0.2) is 54.6 Å². The average molecular weight is 528 g/mol. The van der Waals surface area contributed by atoms with Gasteiger partial charge in [0.25, 0.3) is 0 Å². The van der Waals surface area contributed by atoms with E-state index in [-0.39, 0.29) is 11.3 Å². The number of nitrogens with zero attached hydrogens (tertiary/aromatic N) is 1. The van der Waals surface area contributed by atoms with E-state index in [1.54, 1.807) is 7.11 Å². The molecule has 0 aromatic heterocycles. The van der Waals surface area contributed by atoms with Gasteiger partial charge >= 0.3 is 0 Å². The lowest BCUT2D eigenvalue weighted by atomic mass is 9.55. The summed E-state index contributed by atoms with van der Waals surface area (Å²) in [5, 5.41) is 0. The van der Waals surface area contributed by atoms with E-state index in [1.165, 1.54) is 17.5 Å². The molecule has 2 aromatic rings. The number of carbonyl (C=O) groups excluding carboxylic acids is 2. The predicted molar refractivity (Wildman–Crippen MR) is 153 cm³/mol. The number of anilines is 1. The maximum absolute atomic E-state index is 13.4. The van der Waals surface area contributed by atoms with Gasteiger partial charge in [-0.2, -0.15) is 0 Å². The highest BCUT2D eigenvalue weighted by atomic mass is 16.5. The van der Waals surface area contributed by atoms with Gasteiger partial charge in [0.1, 0.15) is 23.9 Å². The Balaban J connectivity index is 1.09. The van der Waals surface area contributed by atoms with Crippen molar-refractivity contribution in [2.75, 3.05) is 25.2 Å². The largest absolute Gasteiger partial charge is 0.497 e. The fourth-order valence-electron chi connectivity index (χ4n) is 8.24. The lowest BCUT2D eigenvalue weighted by Gasteiger charge is -2.48. The molecule has 2 aromatic carbocycles. The number of amides is 1. The minimum atomic E-state index is -0.481. The maximum atomic E-state index is 13.4. The number of fused-ring (bicyclic) bond motifs is 5.